The van der Waals surface area contributed by atoms with Gasteiger partial charge < -0.3 is 5.73 Å². The van der Waals surface area contributed by atoms with E-state index in [1.807, 2.05) is 0 Å². The maximum atomic E-state index is 6.01. The molecular formula is C13H28N2. The number of likely N-dealkylation sites (tertiary alicyclic amines) is 1. The van der Waals surface area contributed by atoms with E-state index in [1.54, 1.807) is 0 Å². The molecule has 2 atom stereocenters. The number of piperidine rings is 1. The molecule has 0 aromatic heterocycles. The molecule has 1 saturated heterocycles. The molecule has 1 rings (SSSR count). The smallest absolute Gasteiger partial charge is 0.0329 e. The summed E-state index contributed by atoms with van der Waals surface area (Å²) in [7, 11) is 0. The number of nitrogens with zero attached hydrogens (tertiary/aromatic N) is 1. The largest absolute Gasteiger partial charge is 0.329 e. The second kappa shape index (κ2) is 5.31. The van der Waals surface area contributed by atoms with E-state index in [2.05, 4.69) is 32.6 Å². The summed E-state index contributed by atoms with van der Waals surface area (Å²) in [6, 6.07) is 0.706. The van der Waals surface area contributed by atoms with Gasteiger partial charge >= 0.3 is 0 Å². The molecule has 2 N–H and O–H groups in total. The van der Waals surface area contributed by atoms with Crippen molar-refractivity contribution in [2.45, 2.75) is 65.0 Å². The molecule has 0 saturated carbocycles. The highest BCUT2D eigenvalue weighted by Gasteiger charge is 2.37. The van der Waals surface area contributed by atoms with Crippen LogP contribution in [0.1, 0.15) is 53.4 Å². The van der Waals surface area contributed by atoms with E-state index in [1.165, 1.54) is 32.2 Å². The minimum atomic E-state index is 0.263. The molecule has 2 unspecified atom stereocenters. The van der Waals surface area contributed by atoms with Crippen LogP contribution in [0.5, 0.6) is 0 Å². The fraction of sp³-hybridized carbons (Fsp3) is 1.00. The summed E-state index contributed by atoms with van der Waals surface area (Å²) in [5.41, 5.74) is 6.28. The molecule has 0 amide bonds. The van der Waals surface area contributed by atoms with Gasteiger partial charge in [0.15, 0.2) is 0 Å². The average molecular weight is 212 g/mol. The summed E-state index contributed by atoms with van der Waals surface area (Å²) in [6.07, 6.45) is 5.03. The highest BCUT2D eigenvalue weighted by Crippen LogP contribution is 2.32. The van der Waals surface area contributed by atoms with Crippen LogP contribution in [-0.2, 0) is 0 Å². The van der Waals surface area contributed by atoms with E-state index in [9.17, 15) is 0 Å². The predicted molar refractivity (Wildman–Crippen MR) is 66.9 cm³/mol. The Labute approximate surface area is 95.2 Å². The monoisotopic (exact) mass is 212 g/mol. The molecule has 0 spiro atoms. The van der Waals surface area contributed by atoms with Crippen LogP contribution < -0.4 is 5.73 Å². The molecule has 0 aromatic rings. The summed E-state index contributed by atoms with van der Waals surface area (Å²) >= 11 is 0. The van der Waals surface area contributed by atoms with Crippen molar-refractivity contribution >= 4 is 0 Å². The van der Waals surface area contributed by atoms with E-state index in [0.717, 1.165) is 12.5 Å². The molecular weight excluding hydrogens is 184 g/mol. The Morgan fingerprint density at radius 1 is 1.27 bits per heavy atom. The minimum Gasteiger partial charge on any atom is -0.329 e. The second-order valence-electron chi connectivity index (χ2n) is 5.31. The quantitative estimate of drug-likeness (QED) is 0.776. The van der Waals surface area contributed by atoms with Gasteiger partial charge in [-0.3, -0.25) is 4.90 Å². The van der Waals surface area contributed by atoms with Crippen LogP contribution in [-0.4, -0.2) is 29.6 Å². The molecule has 0 aromatic carbocycles. The van der Waals surface area contributed by atoms with E-state index >= 15 is 0 Å². The fourth-order valence-corrected chi connectivity index (χ4v) is 3.17. The first-order valence-corrected chi connectivity index (χ1v) is 6.56. The van der Waals surface area contributed by atoms with Crippen molar-refractivity contribution in [1.82, 2.24) is 4.90 Å². The highest BCUT2D eigenvalue weighted by molar-refractivity contribution is 4.94. The van der Waals surface area contributed by atoms with Gasteiger partial charge in [-0.2, -0.15) is 0 Å². The zero-order valence-corrected chi connectivity index (χ0v) is 10.9. The standard InChI is InChI=1S/C13H28N2/c1-5-13(6-2,10-14)15-8-7-11(3)9-12(15)4/h11-12H,5-10,14H2,1-4H3. The van der Waals surface area contributed by atoms with Gasteiger partial charge in [-0.15, -0.1) is 0 Å². The van der Waals surface area contributed by atoms with Crippen LogP contribution >= 0.6 is 0 Å². The topological polar surface area (TPSA) is 29.3 Å². The molecule has 0 radical (unpaired) electrons. The Bertz CT molecular complexity index is 179. The first-order chi connectivity index (χ1) is 7.09. The van der Waals surface area contributed by atoms with Crippen LogP contribution in [0.15, 0.2) is 0 Å². The van der Waals surface area contributed by atoms with Crippen LogP contribution in [0.4, 0.5) is 0 Å². The van der Waals surface area contributed by atoms with E-state index < -0.39 is 0 Å². The van der Waals surface area contributed by atoms with Gasteiger partial charge in [0.25, 0.3) is 0 Å². The van der Waals surface area contributed by atoms with E-state index in [0.29, 0.717) is 6.04 Å². The average Bonchev–Trinajstić information content (AvgIpc) is 2.23. The third kappa shape index (κ3) is 2.54. The number of hydrogen-bond donors (Lipinski definition) is 1. The molecule has 1 aliphatic heterocycles. The lowest BCUT2D eigenvalue weighted by atomic mass is 9.84. The van der Waals surface area contributed by atoms with Crippen LogP contribution in [0.3, 0.4) is 0 Å². The van der Waals surface area contributed by atoms with Crippen molar-refractivity contribution < 1.29 is 0 Å². The summed E-state index contributed by atoms with van der Waals surface area (Å²) in [4.78, 5) is 2.67. The normalized spacial score (nSPS) is 29.4. The van der Waals surface area contributed by atoms with Gasteiger partial charge in [-0.1, -0.05) is 20.8 Å². The maximum Gasteiger partial charge on any atom is 0.0329 e. The Morgan fingerprint density at radius 2 is 1.87 bits per heavy atom. The summed E-state index contributed by atoms with van der Waals surface area (Å²) < 4.78 is 0. The third-order valence-electron chi connectivity index (χ3n) is 4.44. The molecule has 0 bridgehead atoms. The summed E-state index contributed by atoms with van der Waals surface area (Å²) in [6.45, 7) is 11.3. The van der Waals surface area contributed by atoms with Gasteiger partial charge in [0.1, 0.15) is 0 Å². The SMILES string of the molecule is CCC(CC)(CN)N1CCC(C)CC1C. The number of nitrogens with two attached hydrogens (primary N) is 1. The van der Waals surface area contributed by atoms with Gasteiger partial charge in [0.2, 0.25) is 0 Å². The molecule has 15 heavy (non-hydrogen) atoms. The molecule has 0 aliphatic carbocycles. The van der Waals surface area contributed by atoms with Crippen molar-refractivity contribution in [1.29, 1.82) is 0 Å². The molecule has 1 heterocycles. The molecule has 90 valence electrons. The van der Waals surface area contributed by atoms with Gasteiger partial charge in [0.05, 0.1) is 0 Å². The zero-order valence-electron chi connectivity index (χ0n) is 10.9. The summed E-state index contributed by atoms with van der Waals surface area (Å²) in [5.74, 6) is 0.889. The Hall–Kier alpha value is -0.0800. The van der Waals surface area contributed by atoms with Gasteiger partial charge in [-0.25, -0.2) is 0 Å². The first kappa shape index (κ1) is 13.0. The van der Waals surface area contributed by atoms with Gasteiger partial charge in [0, 0.05) is 18.1 Å². The Balaban J connectivity index is 2.75. The fourth-order valence-electron chi connectivity index (χ4n) is 3.17. The molecule has 1 fully saturated rings. The van der Waals surface area contributed by atoms with Crippen molar-refractivity contribution in [3.05, 3.63) is 0 Å². The van der Waals surface area contributed by atoms with Crippen molar-refractivity contribution in [3.63, 3.8) is 0 Å². The lowest BCUT2D eigenvalue weighted by Crippen LogP contribution is -2.58. The van der Waals surface area contributed by atoms with Crippen LogP contribution in [0.2, 0.25) is 0 Å². The lowest BCUT2D eigenvalue weighted by molar-refractivity contribution is 0.00927. The Kier molecular flexibility index (Phi) is 4.60. The predicted octanol–water partition coefficient (Wildman–Crippen LogP) is 2.62. The maximum absolute atomic E-state index is 6.01. The minimum absolute atomic E-state index is 0.263. The van der Waals surface area contributed by atoms with E-state index in [-0.39, 0.29) is 5.54 Å². The van der Waals surface area contributed by atoms with Gasteiger partial charge in [-0.05, 0) is 45.1 Å². The van der Waals surface area contributed by atoms with Crippen molar-refractivity contribution in [2.24, 2.45) is 11.7 Å². The van der Waals surface area contributed by atoms with Crippen LogP contribution in [0, 0.1) is 5.92 Å². The molecule has 2 heteroatoms. The third-order valence-corrected chi connectivity index (χ3v) is 4.44. The summed E-state index contributed by atoms with van der Waals surface area (Å²) in [5, 5.41) is 0. The zero-order chi connectivity index (χ0) is 11.5. The van der Waals surface area contributed by atoms with Crippen molar-refractivity contribution in [2.75, 3.05) is 13.1 Å². The Morgan fingerprint density at radius 3 is 2.27 bits per heavy atom. The second-order valence-corrected chi connectivity index (χ2v) is 5.31. The number of rotatable bonds is 4. The van der Waals surface area contributed by atoms with Crippen LogP contribution in [0.25, 0.3) is 0 Å². The molecule has 2 nitrogen and oxygen atoms in total. The number of hydrogen-bond acceptors (Lipinski definition) is 2. The lowest BCUT2D eigenvalue weighted by Gasteiger charge is -2.49. The highest BCUT2D eigenvalue weighted by atomic mass is 15.2. The van der Waals surface area contributed by atoms with Crippen molar-refractivity contribution in [3.8, 4) is 0 Å². The van der Waals surface area contributed by atoms with E-state index in [4.69, 9.17) is 5.73 Å². The molecule has 1 aliphatic rings. The first-order valence-electron chi connectivity index (χ1n) is 6.56.